The van der Waals surface area contributed by atoms with Gasteiger partial charge in [0.2, 0.25) is 0 Å². The van der Waals surface area contributed by atoms with E-state index >= 15 is 0 Å². The number of rotatable bonds is 7. The lowest BCUT2D eigenvalue weighted by Gasteiger charge is -2.32. The Hall–Kier alpha value is -1.99. The van der Waals surface area contributed by atoms with E-state index in [2.05, 4.69) is 39.5 Å². The summed E-state index contributed by atoms with van der Waals surface area (Å²) < 4.78 is 13.4. The third-order valence-electron chi connectivity index (χ3n) is 6.29. The molecule has 0 aromatic heterocycles. The van der Waals surface area contributed by atoms with Gasteiger partial charge in [-0.3, -0.25) is 14.6 Å². The van der Waals surface area contributed by atoms with Gasteiger partial charge in [0.15, 0.2) is 5.78 Å². The SMILES string of the molecule is C[C@H]1CN(Cc2ccc(C(=O)CN3CCC(Nc4cccc(F)c4)CC3)cc2)CCN1.Cl. The molecule has 0 amide bonds. The first-order valence-electron chi connectivity index (χ1n) is 11.4. The molecule has 0 radical (unpaired) electrons. The molecule has 2 aromatic rings. The van der Waals surface area contributed by atoms with Crippen molar-refractivity contribution in [2.75, 3.05) is 44.6 Å². The molecular formula is C25H34ClFN4O. The van der Waals surface area contributed by atoms with Crippen LogP contribution in [0, 0.1) is 5.82 Å². The number of piperazine rings is 1. The van der Waals surface area contributed by atoms with Crippen molar-refractivity contribution in [3.05, 3.63) is 65.5 Å². The molecule has 32 heavy (non-hydrogen) atoms. The van der Waals surface area contributed by atoms with Crippen LogP contribution in [0.25, 0.3) is 0 Å². The molecule has 0 aliphatic carbocycles. The molecule has 4 rings (SSSR count). The topological polar surface area (TPSA) is 47.6 Å². The van der Waals surface area contributed by atoms with Crippen LogP contribution >= 0.6 is 12.4 Å². The van der Waals surface area contributed by atoms with Gasteiger partial charge in [0.05, 0.1) is 6.54 Å². The number of piperidine rings is 1. The van der Waals surface area contributed by atoms with E-state index in [1.165, 1.54) is 17.7 Å². The predicted octanol–water partition coefficient (Wildman–Crippen LogP) is 3.80. The third kappa shape index (κ3) is 7.01. The Balaban J connectivity index is 0.00000289. The molecule has 0 unspecified atom stereocenters. The summed E-state index contributed by atoms with van der Waals surface area (Å²) in [5.41, 5.74) is 2.87. The van der Waals surface area contributed by atoms with Gasteiger partial charge in [0.25, 0.3) is 0 Å². The number of hydrogen-bond donors (Lipinski definition) is 2. The molecule has 1 atom stereocenters. The van der Waals surface area contributed by atoms with Crippen LogP contribution in [0.4, 0.5) is 10.1 Å². The molecule has 0 bridgehead atoms. The summed E-state index contributed by atoms with van der Waals surface area (Å²) in [4.78, 5) is 17.4. The number of ketones is 1. The Bertz CT molecular complexity index is 871. The molecule has 2 aliphatic rings. The molecule has 2 saturated heterocycles. The lowest BCUT2D eigenvalue weighted by Crippen LogP contribution is -2.48. The van der Waals surface area contributed by atoms with Gasteiger partial charge in [0, 0.05) is 62.6 Å². The van der Waals surface area contributed by atoms with Gasteiger partial charge >= 0.3 is 0 Å². The van der Waals surface area contributed by atoms with Gasteiger partial charge in [-0.05, 0) is 43.5 Å². The monoisotopic (exact) mass is 460 g/mol. The summed E-state index contributed by atoms with van der Waals surface area (Å²) in [6, 6.07) is 15.6. The standard InChI is InChI=1S/C25H33FN4O.ClH/c1-19-16-30(14-11-27-19)17-20-5-7-21(8-6-20)25(31)18-29-12-9-23(10-13-29)28-24-4-2-3-22(26)15-24;/h2-8,15,19,23,27-28H,9-14,16-18H2,1H3;1H/t19-;/m0./s1. The van der Waals surface area contributed by atoms with Crippen molar-refractivity contribution >= 4 is 23.9 Å². The normalized spacial score (nSPS) is 20.5. The minimum Gasteiger partial charge on any atom is -0.382 e. The van der Waals surface area contributed by atoms with Crippen LogP contribution in [0.15, 0.2) is 48.5 Å². The molecular weight excluding hydrogens is 427 g/mol. The maximum atomic E-state index is 13.4. The smallest absolute Gasteiger partial charge is 0.176 e. The Morgan fingerprint density at radius 2 is 1.84 bits per heavy atom. The molecule has 174 valence electrons. The largest absolute Gasteiger partial charge is 0.382 e. The highest BCUT2D eigenvalue weighted by molar-refractivity contribution is 5.97. The number of benzene rings is 2. The van der Waals surface area contributed by atoms with Gasteiger partial charge < -0.3 is 10.6 Å². The van der Waals surface area contributed by atoms with Crippen LogP contribution in [-0.4, -0.2) is 66.9 Å². The van der Waals surface area contributed by atoms with E-state index in [0.717, 1.165) is 63.4 Å². The first-order chi connectivity index (χ1) is 15.0. The fourth-order valence-corrected chi connectivity index (χ4v) is 4.55. The number of hydrogen-bond acceptors (Lipinski definition) is 5. The Labute approximate surface area is 196 Å². The summed E-state index contributed by atoms with van der Waals surface area (Å²) in [5.74, 6) is -0.0413. The Kier molecular flexibility index (Phi) is 9.05. The van der Waals surface area contributed by atoms with Gasteiger partial charge in [-0.15, -0.1) is 12.4 Å². The average molecular weight is 461 g/mol. The van der Waals surface area contributed by atoms with E-state index in [-0.39, 0.29) is 24.0 Å². The fraction of sp³-hybridized carbons (Fsp3) is 0.480. The quantitative estimate of drug-likeness (QED) is 0.615. The molecule has 2 aromatic carbocycles. The molecule has 2 fully saturated rings. The van der Waals surface area contributed by atoms with Crippen molar-refractivity contribution in [3.8, 4) is 0 Å². The van der Waals surface area contributed by atoms with E-state index in [1.807, 2.05) is 18.2 Å². The van der Waals surface area contributed by atoms with E-state index in [4.69, 9.17) is 0 Å². The van der Waals surface area contributed by atoms with Crippen LogP contribution in [0.2, 0.25) is 0 Å². The van der Waals surface area contributed by atoms with Crippen molar-refractivity contribution in [2.45, 2.75) is 38.4 Å². The average Bonchev–Trinajstić information content (AvgIpc) is 2.76. The van der Waals surface area contributed by atoms with Gasteiger partial charge in [-0.25, -0.2) is 4.39 Å². The molecule has 2 N–H and O–H groups in total. The number of halogens is 2. The highest BCUT2D eigenvalue weighted by Gasteiger charge is 2.21. The first kappa shape index (κ1) is 24.6. The number of nitrogens with one attached hydrogen (secondary N) is 2. The lowest BCUT2D eigenvalue weighted by molar-refractivity contribution is 0.0912. The van der Waals surface area contributed by atoms with Gasteiger partial charge in [-0.1, -0.05) is 30.3 Å². The number of nitrogens with zero attached hydrogens (tertiary/aromatic N) is 2. The van der Waals surface area contributed by atoms with E-state index in [1.54, 1.807) is 6.07 Å². The summed E-state index contributed by atoms with van der Waals surface area (Å²) in [5, 5.41) is 6.88. The highest BCUT2D eigenvalue weighted by Crippen LogP contribution is 2.18. The second kappa shape index (κ2) is 11.8. The minimum atomic E-state index is -0.221. The zero-order chi connectivity index (χ0) is 21.6. The van der Waals surface area contributed by atoms with Gasteiger partial charge in [-0.2, -0.15) is 0 Å². The fourth-order valence-electron chi connectivity index (χ4n) is 4.55. The van der Waals surface area contributed by atoms with Gasteiger partial charge in [0.1, 0.15) is 5.82 Å². The third-order valence-corrected chi connectivity index (χ3v) is 6.29. The minimum absolute atomic E-state index is 0. The Morgan fingerprint density at radius 3 is 2.53 bits per heavy atom. The van der Waals surface area contributed by atoms with Crippen LogP contribution in [0.3, 0.4) is 0 Å². The Morgan fingerprint density at radius 1 is 1.09 bits per heavy atom. The van der Waals surface area contributed by atoms with Crippen molar-refractivity contribution in [1.29, 1.82) is 0 Å². The zero-order valence-corrected chi connectivity index (χ0v) is 19.5. The van der Waals surface area contributed by atoms with E-state index in [0.29, 0.717) is 18.6 Å². The molecule has 2 heterocycles. The van der Waals surface area contributed by atoms with Crippen molar-refractivity contribution < 1.29 is 9.18 Å². The number of likely N-dealkylation sites (tertiary alicyclic amines) is 1. The lowest BCUT2D eigenvalue weighted by atomic mass is 10.0. The molecule has 7 heteroatoms. The predicted molar refractivity (Wildman–Crippen MR) is 130 cm³/mol. The van der Waals surface area contributed by atoms with Crippen LogP contribution in [0.1, 0.15) is 35.7 Å². The number of Topliss-reactive ketones (excluding diaryl/α,β-unsaturated/α-hetero) is 1. The van der Waals surface area contributed by atoms with Crippen molar-refractivity contribution in [2.24, 2.45) is 0 Å². The summed E-state index contributed by atoms with van der Waals surface area (Å²) >= 11 is 0. The van der Waals surface area contributed by atoms with E-state index < -0.39 is 0 Å². The van der Waals surface area contributed by atoms with Crippen LogP contribution in [0.5, 0.6) is 0 Å². The van der Waals surface area contributed by atoms with E-state index in [9.17, 15) is 9.18 Å². The number of carbonyl (C=O) groups excluding carboxylic acids is 1. The second-order valence-electron chi connectivity index (χ2n) is 8.92. The van der Waals surface area contributed by atoms with Crippen molar-refractivity contribution in [3.63, 3.8) is 0 Å². The van der Waals surface area contributed by atoms with Crippen LogP contribution < -0.4 is 10.6 Å². The summed E-state index contributed by atoms with van der Waals surface area (Å²) in [6.07, 6.45) is 1.90. The number of anilines is 1. The molecule has 2 aliphatic heterocycles. The maximum absolute atomic E-state index is 13.4. The summed E-state index contributed by atoms with van der Waals surface area (Å²) in [6.45, 7) is 8.52. The maximum Gasteiger partial charge on any atom is 0.176 e. The zero-order valence-electron chi connectivity index (χ0n) is 18.7. The van der Waals surface area contributed by atoms with Crippen LogP contribution in [-0.2, 0) is 6.54 Å². The van der Waals surface area contributed by atoms with Crippen molar-refractivity contribution in [1.82, 2.24) is 15.1 Å². The second-order valence-corrected chi connectivity index (χ2v) is 8.92. The molecule has 0 spiro atoms. The molecule has 0 saturated carbocycles. The molecule has 5 nitrogen and oxygen atoms in total. The summed E-state index contributed by atoms with van der Waals surface area (Å²) in [7, 11) is 0. The highest BCUT2D eigenvalue weighted by atomic mass is 35.5. The first-order valence-corrected chi connectivity index (χ1v) is 11.4. The number of carbonyl (C=O) groups is 1.